The van der Waals surface area contributed by atoms with Crippen molar-refractivity contribution in [2.75, 3.05) is 5.32 Å². The lowest BCUT2D eigenvalue weighted by Gasteiger charge is -2.14. The summed E-state index contributed by atoms with van der Waals surface area (Å²) in [6.07, 6.45) is 0. The van der Waals surface area contributed by atoms with Crippen LogP contribution in [0.5, 0.6) is 0 Å². The zero-order chi connectivity index (χ0) is 15.4. The maximum absolute atomic E-state index is 12.4. The number of hydrogen-bond donors (Lipinski definition) is 2. The monoisotopic (exact) mass is 287 g/mol. The van der Waals surface area contributed by atoms with Gasteiger partial charge in [0.1, 0.15) is 5.76 Å². The number of amides is 1. The minimum atomic E-state index is -0.112. The molecule has 1 heterocycles. The predicted octanol–water partition coefficient (Wildman–Crippen LogP) is 3.04. The lowest BCUT2D eigenvalue weighted by Crippen LogP contribution is -2.25. The van der Waals surface area contributed by atoms with Crippen LogP contribution >= 0.6 is 0 Å². The van der Waals surface area contributed by atoms with E-state index in [9.17, 15) is 4.79 Å². The van der Waals surface area contributed by atoms with Gasteiger partial charge < -0.3 is 15.2 Å². The van der Waals surface area contributed by atoms with Gasteiger partial charge in [0.05, 0.1) is 11.3 Å². The molecule has 0 atom stereocenters. The SMILES string of the molecule is Cc1noc(C)c1CNC(=O)c1ccccc1NC(C)C. The Morgan fingerprint density at radius 2 is 2.00 bits per heavy atom. The van der Waals surface area contributed by atoms with Crippen LogP contribution in [0.2, 0.25) is 0 Å². The van der Waals surface area contributed by atoms with Crippen LogP contribution in [0.1, 0.15) is 41.2 Å². The van der Waals surface area contributed by atoms with Crippen molar-refractivity contribution in [1.82, 2.24) is 10.5 Å². The van der Waals surface area contributed by atoms with E-state index >= 15 is 0 Å². The van der Waals surface area contributed by atoms with Crippen molar-refractivity contribution in [3.05, 3.63) is 46.8 Å². The standard InChI is InChI=1S/C16H21N3O2/c1-10(2)18-15-8-6-5-7-13(15)16(20)17-9-14-11(3)19-21-12(14)4/h5-8,10,18H,9H2,1-4H3,(H,17,20). The van der Waals surface area contributed by atoms with Gasteiger partial charge in [-0.15, -0.1) is 0 Å². The van der Waals surface area contributed by atoms with Crippen molar-refractivity contribution in [2.24, 2.45) is 0 Å². The van der Waals surface area contributed by atoms with Crippen LogP contribution in [0, 0.1) is 13.8 Å². The highest BCUT2D eigenvalue weighted by Gasteiger charge is 2.14. The highest BCUT2D eigenvalue weighted by atomic mass is 16.5. The van der Waals surface area contributed by atoms with Crippen LogP contribution in [-0.2, 0) is 6.54 Å². The van der Waals surface area contributed by atoms with Crippen LogP contribution in [0.4, 0.5) is 5.69 Å². The molecule has 5 heteroatoms. The molecule has 0 aliphatic heterocycles. The summed E-state index contributed by atoms with van der Waals surface area (Å²) in [7, 11) is 0. The Hall–Kier alpha value is -2.30. The maximum Gasteiger partial charge on any atom is 0.253 e. The van der Waals surface area contributed by atoms with Gasteiger partial charge in [0, 0.05) is 23.8 Å². The first-order chi connectivity index (χ1) is 9.99. The average molecular weight is 287 g/mol. The normalized spacial score (nSPS) is 10.7. The number of carbonyl (C=O) groups is 1. The molecule has 0 bridgehead atoms. The van der Waals surface area contributed by atoms with Crippen molar-refractivity contribution in [2.45, 2.75) is 40.3 Å². The minimum Gasteiger partial charge on any atom is -0.382 e. The summed E-state index contributed by atoms with van der Waals surface area (Å²) in [5, 5.41) is 10.1. The van der Waals surface area contributed by atoms with Gasteiger partial charge in [-0.2, -0.15) is 0 Å². The van der Waals surface area contributed by atoms with Crippen LogP contribution in [0.25, 0.3) is 0 Å². The molecule has 2 N–H and O–H groups in total. The molecule has 0 fully saturated rings. The summed E-state index contributed by atoms with van der Waals surface area (Å²) in [5.41, 5.74) is 3.21. The first-order valence-electron chi connectivity index (χ1n) is 7.04. The number of para-hydroxylation sites is 1. The van der Waals surface area contributed by atoms with E-state index in [0.717, 1.165) is 22.7 Å². The van der Waals surface area contributed by atoms with Gasteiger partial charge in [-0.25, -0.2) is 0 Å². The molecule has 1 aromatic carbocycles. The number of benzene rings is 1. The van der Waals surface area contributed by atoms with E-state index in [0.29, 0.717) is 12.1 Å². The van der Waals surface area contributed by atoms with Crippen LogP contribution in [0.3, 0.4) is 0 Å². The largest absolute Gasteiger partial charge is 0.382 e. The number of carbonyl (C=O) groups excluding carboxylic acids is 1. The van der Waals surface area contributed by atoms with Crippen molar-refractivity contribution >= 4 is 11.6 Å². The van der Waals surface area contributed by atoms with Crippen LogP contribution < -0.4 is 10.6 Å². The number of anilines is 1. The molecule has 0 radical (unpaired) electrons. The van der Waals surface area contributed by atoms with E-state index in [1.165, 1.54) is 0 Å². The third-order valence-corrected chi connectivity index (χ3v) is 3.22. The molecule has 0 spiro atoms. The Kier molecular flexibility index (Phi) is 4.62. The van der Waals surface area contributed by atoms with E-state index in [1.807, 2.05) is 52.0 Å². The summed E-state index contributed by atoms with van der Waals surface area (Å²) in [6.45, 7) is 8.20. The summed E-state index contributed by atoms with van der Waals surface area (Å²) in [5.74, 6) is 0.625. The van der Waals surface area contributed by atoms with Gasteiger partial charge in [0.25, 0.3) is 5.91 Å². The van der Waals surface area contributed by atoms with Crippen LogP contribution in [-0.4, -0.2) is 17.1 Å². The Bertz CT molecular complexity index is 613. The fourth-order valence-electron chi connectivity index (χ4n) is 2.14. The van der Waals surface area contributed by atoms with Crippen molar-refractivity contribution in [1.29, 1.82) is 0 Å². The molecule has 0 aliphatic rings. The van der Waals surface area contributed by atoms with Crippen molar-refractivity contribution in [3.63, 3.8) is 0 Å². The number of rotatable bonds is 5. The number of aromatic nitrogens is 1. The number of aryl methyl sites for hydroxylation is 2. The molecule has 0 saturated heterocycles. The zero-order valence-electron chi connectivity index (χ0n) is 12.9. The molecular formula is C16H21N3O2. The topological polar surface area (TPSA) is 67.2 Å². The second kappa shape index (κ2) is 6.43. The third kappa shape index (κ3) is 3.62. The van der Waals surface area contributed by atoms with Gasteiger partial charge >= 0.3 is 0 Å². The molecule has 21 heavy (non-hydrogen) atoms. The molecular weight excluding hydrogens is 266 g/mol. The Morgan fingerprint density at radius 1 is 1.29 bits per heavy atom. The quantitative estimate of drug-likeness (QED) is 0.887. The second-order valence-electron chi connectivity index (χ2n) is 5.33. The average Bonchev–Trinajstić information content (AvgIpc) is 2.75. The summed E-state index contributed by atoms with van der Waals surface area (Å²) in [6, 6.07) is 7.76. The molecule has 0 aliphatic carbocycles. The molecule has 0 saturated carbocycles. The van der Waals surface area contributed by atoms with Crippen LogP contribution in [0.15, 0.2) is 28.8 Å². The first kappa shape index (κ1) is 15.1. The minimum absolute atomic E-state index is 0.112. The van der Waals surface area contributed by atoms with Gasteiger partial charge in [0.2, 0.25) is 0 Å². The molecule has 2 rings (SSSR count). The second-order valence-corrected chi connectivity index (χ2v) is 5.33. The van der Waals surface area contributed by atoms with Gasteiger partial charge in [-0.1, -0.05) is 17.3 Å². The highest BCUT2D eigenvalue weighted by molar-refractivity contribution is 5.99. The smallest absolute Gasteiger partial charge is 0.253 e. The number of nitrogens with one attached hydrogen (secondary N) is 2. The molecule has 1 amide bonds. The fraction of sp³-hybridized carbons (Fsp3) is 0.375. The summed E-state index contributed by atoms with van der Waals surface area (Å²) in [4.78, 5) is 12.4. The number of hydrogen-bond acceptors (Lipinski definition) is 4. The molecule has 5 nitrogen and oxygen atoms in total. The molecule has 0 unspecified atom stereocenters. The van der Waals surface area contributed by atoms with Gasteiger partial charge in [-0.05, 0) is 39.8 Å². The lowest BCUT2D eigenvalue weighted by atomic mass is 10.1. The van der Waals surface area contributed by atoms with Crippen molar-refractivity contribution < 1.29 is 9.32 Å². The van der Waals surface area contributed by atoms with E-state index < -0.39 is 0 Å². The Morgan fingerprint density at radius 3 is 2.62 bits per heavy atom. The number of nitrogens with zero attached hydrogens (tertiary/aromatic N) is 1. The van der Waals surface area contributed by atoms with Gasteiger partial charge in [0.15, 0.2) is 0 Å². The van der Waals surface area contributed by atoms with E-state index in [4.69, 9.17) is 4.52 Å². The first-order valence-corrected chi connectivity index (χ1v) is 7.04. The maximum atomic E-state index is 12.4. The fourth-order valence-corrected chi connectivity index (χ4v) is 2.14. The zero-order valence-corrected chi connectivity index (χ0v) is 12.9. The van der Waals surface area contributed by atoms with Gasteiger partial charge in [-0.3, -0.25) is 4.79 Å². The highest BCUT2D eigenvalue weighted by Crippen LogP contribution is 2.17. The molecule has 1 aromatic heterocycles. The Balaban J connectivity index is 2.10. The Labute approximate surface area is 124 Å². The summed E-state index contributed by atoms with van der Waals surface area (Å²) < 4.78 is 5.10. The van der Waals surface area contributed by atoms with Crippen molar-refractivity contribution in [3.8, 4) is 0 Å². The summed E-state index contributed by atoms with van der Waals surface area (Å²) >= 11 is 0. The molecule has 112 valence electrons. The molecule has 2 aromatic rings. The van der Waals surface area contributed by atoms with E-state index in [-0.39, 0.29) is 11.9 Å². The predicted molar refractivity (Wildman–Crippen MR) is 82.3 cm³/mol. The third-order valence-electron chi connectivity index (χ3n) is 3.22. The lowest BCUT2D eigenvalue weighted by molar-refractivity contribution is 0.0951. The van der Waals surface area contributed by atoms with E-state index in [2.05, 4.69) is 15.8 Å². The van der Waals surface area contributed by atoms with E-state index in [1.54, 1.807) is 0 Å².